The molecule has 3 aromatic rings. The van der Waals surface area contributed by atoms with Crippen molar-refractivity contribution in [2.24, 2.45) is 0 Å². The molecule has 7 heteroatoms. The van der Waals surface area contributed by atoms with Crippen molar-refractivity contribution in [3.63, 3.8) is 0 Å². The van der Waals surface area contributed by atoms with Crippen LogP contribution in [0.3, 0.4) is 0 Å². The Bertz CT molecular complexity index is 1170. The number of carbonyl (C=O) groups excluding carboxylic acids is 1. The molecule has 6 nitrogen and oxygen atoms in total. The summed E-state index contributed by atoms with van der Waals surface area (Å²) >= 11 is 0. The number of halogens is 1. The van der Waals surface area contributed by atoms with E-state index in [9.17, 15) is 14.0 Å². The van der Waals surface area contributed by atoms with Gasteiger partial charge in [0.15, 0.2) is 0 Å². The molecule has 0 bridgehead atoms. The Morgan fingerprint density at radius 3 is 2.42 bits per heavy atom. The van der Waals surface area contributed by atoms with Gasteiger partial charge in [-0.25, -0.2) is 9.49 Å². The second-order valence-electron chi connectivity index (χ2n) is 8.99. The molecule has 1 amide bonds. The van der Waals surface area contributed by atoms with Gasteiger partial charge in [0, 0.05) is 43.5 Å². The van der Waals surface area contributed by atoms with E-state index in [1.165, 1.54) is 6.07 Å². The summed E-state index contributed by atoms with van der Waals surface area (Å²) in [5.74, 6) is -0.807. The van der Waals surface area contributed by atoms with Gasteiger partial charge in [-0.2, -0.15) is 5.10 Å². The molecule has 1 aromatic heterocycles. The lowest BCUT2D eigenvalue weighted by Crippen LogP contribution is -2.54. The number of H-pyrrole nitrogens is 1. The van der Waals surface area contributed by atoms with E-state index >= 15 is 0 Å². The third-order valence-corrected chi connectivity index (χ3v) is 5.92. The van der Waals surface area contributed by atoms with Crippen molar-refractivity contribution < 1.29 is 9.18 Å². The summed E-state index contributed by atoms with van der Waals surface area (Å²) < 4.78 is 14.6. The van der Waals surface area contributed by atoms with Gasteiger partial charge in [-0.15, -0.1) is 0 Å². The minimum atomic E-state index is -0.522. The maximum Gasteiger partial charge on any atom is 0.272 e. The van der Waals surface area contributed by atoms with Crippen molar-refractivity contribution in [3.8, 4) is 0 Å². The number of rotatable bonds is 3. The zero-order chi connectivity index (χ0) is 22.2. The van der Waals surface area contributed by atoms with Crippen molar-refractivity contribution in [1.29, 1.82) is 0 Å². The minimum Gasteiger partial charge on any atom is -0.336 e. The normalized spacial score (nSPS) is 15.4. The number of benzene rings is 2. The summed E-state index contributed by atoms with van der Waals surface area (Å²) in [5.41, 5.74) is 1.33. The first-order valence-electron chi connectivity index (χ1n) is 10.5. The average Bonchev–Trinajstić information content (AvgIpc) is 2.76. The summed E-state index contributed by atoms with van der Waals surface area (Å²) in [7, 11) is 0. The van der Waals surface area contributed by atoms with Crippen molar-refractivity contribution >= 4 is 16.7 Å². The predicted octanol–water partition coefficient (Wildman–Crippen LogP) is 3.21. The maximum atomic E-state index is 14.6. The summed E-state index contributed by atoms with van der Waals surface area (Å²) in [5, 5.41) is 8.02. The lowest BCUT2D eigenvalue weighted by molar-refractivity contribution is 0.0447. The largest absolute Gasteiger partial charge is 0.336 e. The quantitative estimate of drug-likeness (QED) is 0.704. The Hall–Kier alpha value is -3.06. The third kappa shape index (κ3) is 4.37. The number of hydrogen-bond acceptors (Lipinski definition) is 4. The van der Waals surface area contributed by atoms with E-state index in [2.05, 4.69) is 35.9 Å². The molecule has 1 aliphatic rings. The summed E-state index contributed by atoms with van der Waals surface area (Å²) in [6.45, 7) is 9.15. The molecular weight excluding hydrogens is 395 g/mol. The van der Waals surface area contributed by atoms with Crippen LogP contribution in [0, 0.1) is 5.82 Å². The molecule has 0 saturated carbocycles. The van der Waals surface area contributed by atoms with Crippen LogP contribution in [0.25, 0.3) is 10.8 Å². The number of hydrogen-bond donors (Lipinski definition) is 1. The smallest absolute Gasteiger partial charge is 0.272 e. The van der Waals surface area contributed by atoms with Gasteiger partial charge >= 0.3 is 0 Å². The molecule has 4 rings (SSSR count). The molecule has 0 unspecified atom stereocenters. The molecule has 162 valence electrons. The van der Waals surface area contributed by atoms with Gasteiger partial charge in [0.2, 0.25) is 0 Å². The van der Waals surface area contributed by atoms with E-state index in [1.807, 2.05) is 12.1 Å². The summed E-state index contributed by atoms with van der Waals surface area (Å²) in [6, 6.07) is 11.8. The van der Waals surface area contributed by atoms with E-state index in [4.69, 9.17) is 0 Å². The van der Waals surface area contributed by atoms with Crippen LogP contribution in [-0.4, -0.2) is 57.6 Å². The van der Waals surface area contributed by atoms with Crippen LogP contribution in [0.2, 0.25) is 0 Å². The Morgan fingerprint density at radius 1 is 1.06 bits per heavy atom. The van der Waals surface area contributed by atoms with Crippen LogP contribution >= 0.6 is 0 Å². The predicted molar refractivity (Wildman–Crippen MR) is 119 cm³/mol. The monoisotopic (exact) mass is 422 g/mol. The first-order chi connectivity index (χ1) is 14.7. The van der Waals surface area contributed by atoms with Gasteiger partial charge < -0.3 is 4.90 Å². The number of carbonyl (C=O) groups is 1. The Kier molecular flexibility index (Phi) is 5.62. The number of nitrogens with zero attached hydrogens (tertiary/aromatic N) is 3. The van der Waals surface area contributed by atoms with Gasteiger partial charge in [-0.3, -0.25) is 14.5 Å². The summed E-state index contributed by atoms with van der Waals surface area (Å²) in [6.07, 6.45) is 0.385. The van der Waals surface area contributed by atoms with Gasteiger partial charge in [-0.05, 0) is 44.5 Å². The zero-order valence-electron chi connectivity index (χ0n) is 18.1. The van der Waals surface area contributed by atoms with E-state index in [0.29, 0.717) is 30.6 Å². The van der Waals surface area contributed by atoms with Gasteiger partial charge in [0.25, 0.3) is 11.5 Å². The van der Waals surface area contributed by atoms with Gasteiger partial charge in [0.1, 0.15) is 5.82 Å². The third-order valence-electron chi connectivity index (χ3n) is 5.92. The molecule has 2 aromatic carbocycles. The molecule has 1 N–H and O–H groups in total. The fourth-order valence-electron chi connectivity index (χ4n) is 4.10. The Balaban J connectivity index is 1.57. The molecule has 1 saturated heterocycles. The molecule has 1 aliphatic heterocycles. The molecule has 2 heterocycles. The van der Waals surface area contributed by atoms with Gasteiger partial charge in [-0.1, -0.05) is 24.3 Å². The van der Waals surface area contributed by atoms with Gasteiger partial charge in [0.05, 0.1) is 16.6 Å². The van der Waals surface area contributed by atoms with Crippen molar-refractivity contribution in [2.75, 3.05) is 26.2 Å². The van der Waals surface area contributed by atoms with Crippen LogP contribution in [-0.2, 0) is 6.42 Å². The molecule has 0 radical (unpaired) electrons. The number of piperazine rings is 1. The zero-order valence-corrected chi connectivity index (χ0v) is 18.1. The second-order valence-corrected chi connectivity index (χ2v) is 8.99. The van der Waals surface area contributed by atoms with Crippen LogP contribution in [0.5, 0.6) is 0 Å². The van der Waals surface area contributed by atoms with Crippen LogP contribution in [0.4, 0.5) is 4.39 Å². The summed E-state index contributed by atoms with van der Waals surface area (Å²) in [4.78, 5) is 29.1. The van der Waals surface area contributed by atoms with Crippen molar-refractivity contribution in [1.82, 2.24) is 20.0 Å². The lowest BCUT2D eigenvalue weighted by atomic mass is 10.0. The maximum absolute atomic E-state index is 14.6. The first-order valence-corrected chi connectivity index (χ1v) is 10.5. The molecule has 0 atom stereocenters. The Labute approximate surface area is 180 Å². The highest BCUT2D eigenvalue weighted by Crippen LogP contribution is 2.21. The highest BCUT2D eigenvalue weighted by Gasteiger charge is 2.29. The van der Waals surface area contributed by atoms with Crippen LogP contribution in [0.15, 0.2) is 47.3 Å². The van der Waals surface area contributed by atoms with E-state index in [-0.39, 0.29) is 22.6 Å². The number of aromatic amines is 1. The second kappa shape index (κ2) is 8.23. The highest BCUT2D eigenvalue weighted by molar-refractivity contribution is 5.95. The van der Waals surface area contributed by atoms with E-state index < -0.39 is 5.82 Å². The number of fused-ring (bicyclic) bond motifs is 1. The number of amides is 1. The topological polar surface area (TPSA) is 69.3 Å². The lowest BCUT2D eigenvalue weighted by Gasteiger charge is -2.42. The fourth-order valence-corrected chi connectivity index (χ4v) is 4.10. The van der Waals surface area contributed by atoms with Crippen molar-refractivity contribution in [2.45, 2.75) is 32.7 Å². The SMILES string of the molecule is CC(C)(C)N1CCN(C(=O)c2cc(Cc3n[nH]c(=O)c4ccccc34)ccc2F)CC1. The number of nitrogens with one attached hydrogen (secondary N) is 1. The molecular formula is C24H27FN4O2. The molecule has 31 heavy (non-hydrogen) atoms. The average molecular weight is 423 g/mol. The van der Waals surface area contributed by atoms with Crippen molar-refractivity contribution in [3.05, 3.63) is 75.5 Å². The minimum absolute atomic E-state index is 0.0483. The van der Waals surface area contributed by atoms with E-state index in [1.54, 1.807) is 29.2 Å². The molecule has 1 fully saturated rings. The van der Waals surface area contributed by atoms with Crippen LogP contribution in [0.1, 0.15) is 42.4 Å². The first kappa shape index (κ1) is 21.2. The standard InChI is InChI=1S/C24H27FN4O2/c1-24(2,3)29-12-10-28(11-13-29)23(31)19-14-16(8-9-20(19)25)15-21-17-6-4-5-7-18(17)22(30)27-26-21/h4-9,14H,10-13,15H2,1-3H3,(H,27,30). The fraction of sp³-hybridized carbons (Fsp3) is 0.375. The molecule has 0 spiro atoms. The van der Waals surface area contributed by atoms with Crippen LogP contribution < -0.4 is 5.56 Å². The van der Waals surface area contributed by atoms with E-state index in [0.717, 1.165) is 24.0 Å². The number of aromatic nitrogens is 2. The Morgan fingerprint density at radius 2 is 1.74 bits per heavy atom. The highest BCUT2D eigenvalue weighted by atomic mass is 19.1. The molecule has 0 aliphatic carbocycles.